The Kier molecular flexibility index (Phi) is 3.87. The smallest absolute Gasteiger partial charge is 0.251 e. The van der Waals surface area contributed by atoms with E-state index in [1.54, 1.807) is 12.1 Å². The van der Waals surface area contributed by atoms with Gasteiger partial charge in [-0.05, 0) is 25.0 Å². The molecule has 0 radical (unpaired) electrons. The normalized spacial score (nSPS) is 23.1. The second kappa shape index (κ2) is 5.79. The van der Waals surface area contributed by atoms with E-state index < -0.39 is 0 Å². The number of rotatable bonds is 2. The highest BCUT2D eigenvalue weighted by molar-refractivity contribution is 5.81. The van der Waals surface area contributed by atoms with Crippen LogP contribution in [-0.4, -0.2) is 49.7 Å². The summed E-state index contributed by atoms with van der Waals surface area (Å²) in [6, 6.07) is 6.78. The first-order valence-corrected chi connectivity index (χ1v) is 7.15. The maximum Gasteiger partial charge on any atom is 0.251 e. The molecule has 0 bridgehead atoms. The number of halogens is 1. The number of carbonyl (C=O) groups excluding carboxylic acids is 1. The van der Waals surface area contributed by atoms with Gasteiger partial charge in [0.15, 0.2) is 0 Å². The second-order valence-electron chi connectivity index (χ2n) is 5.27. The van der Waals surface area contributed by atoms with Crippen LogP contribution in [0.3, 0.4) is 0 Å². The molecule has 2 aliphatic rings. The van der Waals surface area contributed by atoms with Crippen LogP contribution in [0.1, 0.15) is 12.8 Å². The topological polar surface area (TPSA) is 32.8 Å². The van der Waals surface area contributed by atoms with Gasteiger partial charge in [-0.3, -0.25) is 4.79 Å². The molecule has 5 heteroatoms. The van der Waals surface area contributed by atoms with Gasteiger partial charge in [0.1, 0.15) is 11.9 Å². The van der Waals surface area contributed by atoms with Gasteiger partial charge in [-0.2, -0.15) is 0 Å². The number of benzene rings is 1. The summed E-state index contributed by atoms with van der Waals surface area (Å²) in [6.07, 6.45) is 1.54. The van der Waals surface area contributed by atoms with Crippen molar-refractivity contribution in [2.75, 3.05) is 37.7 Å². The molecule has 3 rings (SSSR count). The number of amides is 1. The molecule has 2 heterocycles. The van der Waals surface area contributed by atoms with Crippen molar-refractivity contribution >= 4 is 11.6 Å². The van der Waals surface area contributed by atoms with Gasteiger partial charge in [-0.25, -0.2) is 4.39 Å². The van der Waals surface area contributed by atoms with Crippen LogP contribution in [0.25, 0.3) is 0 Å². The first-order chi connectivity index (χ1) is 9.75. The van der Waals surface area contributed by atoms with Crippen LogP contribution in [-0.2, 0) is 9.53 Å². The first-order valence-electron chi connectivity index (χ1n) is 7.15. The summed E-state index contributed by atoms with van der Waals surface area (Å²) in [4.78, 5) is 16.1. The quantitative estimate of drug-likeness (QED) is 0.824. The predicted molar refractivity (Wildman–Crippen MR) is 74.2 cm³/mol. The van der Waals surface area contributed by atoms with E-state index >= 15 is 0 Å². The van der Waals surface area contributed by atoms with Gasteiger partial charge in [-0.15, -0.1) is 0 Å². The lowest BCUT2D eigenvalue weighted by atomic mass is 10.2. The monoisotopic (exact) mass is 278 g/mol. The van der Waals surface area contributed by atoms with E-state index in [-0.39, 0.29) is 17.8 Å². The van der Waals surface area contributed by atoms with E-state index in [1.165, 1.54) is 6.07 Å². The zero-order chi connectivity index (χ0) is 13.9. The minimum absolute atomic E-state index is 0.0932. The van der Waals surface area contributed by atoms with E-state index in [4.69, 9.17) is 4.74 Å². The lowest BCUT2D eigenvalue weighted by Crippen LogP contribution is -2.51. The summed E-state index contributed by atoms with van der Waals surface area (Å²) in [5.41, 5.74) is 0.622. The minimum Gasteiger partial charge on any atom is -0.368 e. The fourth-order valence-electron chi connectivity index (χ4n) is 2.85. The van der Waals surface area contributed by atoms with Crippen LogP contribution in [0.5, 0.6) is 0 Å². The molecule has 2 saturated heterocycles. The zero-order valence-corrected chi connectivity index (χ0v) is 11.4. The Morgan fingerprint density at radius 3 is 2.60 bits per heavy atom. The molecule has 2 fully saturated rings. The minimum atomic E-state index is -0.255. The highest BCUT2D eigenvalue weighted by Crippen LogP contribution is 2.21. The third-order valence-corrected chi connectivity index (χ3v) is 3.99. The van der Waals surface area contributed by atoms with Gasteiger partial charge in [0.05, 0.1) is 5.69 Å². The largest absolute Gasteiger partial charge is 0.368 e. The van der Waals surface area contributed by atoms with Gasteiger partial charge in [-0.1, -0.05) is 12.1 Å². The molecule has 2 aliphatic heterocycles. The van der Waals surface area contributed by atoms with Crippen molar-refractivity contribution in [2.45, 2.75) is 18.9 Å². The van der Waals surface area contributed by atoms with Crippen molar-refractivity contribution in [3.8, 4) is 0 Å². The highest BCUT2D eigenvalue weighted by atomic mass is 19.1. The molecule has 1 atom stereocenters. The summed E-state index contributed by atoms with van der Waals surface area (Å²) in [5.74, 6) is -0.109. The summed E-state index contributed by atoms with van der Waals surface area (Å²) < 4.78 is 19.2. The molecule has 0 aromatic heterocycles. The average Bonchev–Trinajstić information content (AvgIpc) is 3.01. The third kappa shape index (κ3) is 2.63. The Labute approximate surface area is 118 Å². The number of nitrogens with zero attached hydrogens (tertiary/aromatic N) is 2. The number of piperazine rings is 1. The van der Waals surface area contributed by atoms with E-state index in [1.807, 2.05) is 15.9 Å². The Hall–Kier alpha value is -1.62. The van der Waals surface area contributed by atoms with Crippen LogP contribution in [0.2, 0.25) is 0 Å². The summed E-state index contributed by atoms with van der Waals surface area (Å²) in [7, 11) is 0. The number of carbonyl (C=O) groups is 1. The van der Waals surface area contributed by atoms with Crippen molar-refractivity contribution in [1.29, 1.82) is 0 Å². The predicted octanol–water partition coefficient (Wildman–Crippen LogP) is 1.65. The van der Waals surface area contributed by atoms with Crippen molar-refractivity contribution in [3.63, 3.8) is 0 Å². The Morgan fingerprint density at radius 2 is 1.95 bits per heavy atom. The van der Waals surface area contributed by atoms with Crippen molar-refractivity contribution in [3.05, 3.63) is 30.1 Å². The lowest BCUT2D eigenvalue weighted by Gasteiger charge is -2.37. The van der Waals surface area contributed by atoms with Crippen molar-refractivity contribution in [1.82, 2.24) is 4.90 Å². The number of hydrogen-bond donors (Lipinski definition) is 0. The molecule has 0 unspecified atom stereocenters. The molecular formula is C15H19FN2O2. The summed E-state index contributed by atoms with van der Waals surface area (Å²) >= 11 is 0. The molecular weight excluding hydrogens is 259 g/mol. The van der Waals surface area contributed by atoms with Crippen molar-refractivity contribution < 1.29 is 13.9 Å². The van der Waals surface area contributed by atoms with Crippen LogP contribution in [0.15, 0.2) is 24.3 Å². The van der Waals surface area contributed by atoms with Crippen LogP contribution < -0.4 is 4.90 Å². The number of hydrogen-bond acceptors (Lipinski definition) is 3. The SMILES string of the molecule is O=C([C@H]1CCCO1)N1CCN(c2ccccc2F)CC1. The van der Waals surface area contributed by atoms with Crippen LogP contribution in [0, 0.1) is 5.82 Å². The van der Waals surface area contributed by atoms with Gasteiger partial charge in [0.2, 0.25) is 0 Å². The molecule has 108 valence electrons. The van der Waals surface area contributed by atoms with Gasteiger partial charge in [0.25, 0.3) is 5.91 Å². The maximum atomic E-state index is 13.7. The van der Waals surface area contributed by atoms with Crippen LogP contribution in [0.4, 0.5) is 10.1 Å². The van der Waals surface area contributed by atoms with Gasteiger partial charge in [0, 0.05) is 32.8 Å². The molecule has 0 aliphatic carbocycles. The molecule has 20 heavy (non-hydrogen) atoms. The number of ether oxygens (including phenoxy) is 1. The molecule has 0 spiro atoms. The van der Waals surface area contributed by atoms with E-state index in [2.05, 4.69) is 0 Å². The molecule has 4 nitrogen and oxygen atoms in total. The molecule has 1 amide bonds. The number of anilines is 1. The van der Waals surface area contributed by atoms with E-state index in [0.29, 0.717) is 38.5 Å². The Balaban J connectivity index is 1.59. The fourth-order valence-corrected chi connectivity index (χ4v) is 2.85. The van der Waals surface area contributed by atoms with Crippen molar-refractivity contribution in [2.24, 2.45) is 0 Å². The Morgan fingerprint density at radius 1 is 1.20 bits per heavy atom. The molecule has 0 N–H and O–H groups in total. The zero-order valence-electron chi connectivity index (χ0n) is 11.4. The highest BCUT2D eigenvalue weighted by Gasteiger charge is 2.30. The first kappa shape index (κ1) is 13.4. The van der Waals surface area contributed by atoms with E-state index in [0.717, 1.165) is 12.8 Å². The standard InChI is InChI=1S/C15H19FN2O2/c16-12-4-1-2-5-13(12)17-7-9-18(10-8-17)15(19)14-6-3-11-20-14/h1-2,4-5,14H,3,6-11H2/t14-/m1/s1. The maximum absolute atomic E-state index is 13.7. The Bertz CT molecular complexity index is 481. The van der Waals surface area contributed by atoms with Crippen LogP contribution >= 0.6 is 0 Å². The lowest BCUT2D eigenvalue weighted by molar-refractivity contribution is -0.141. The average molecular weight is 278 g/mol. The molecule has 1 aromatic rings. The van der Waals surface area contributed by atoms with E-state index in [9.17, 15) is 9.18 Å². The second-order valence-corrected chi connectivity index (χ2v) is 5.27. The van der Waals surface area contributed by atoms with Gasteiger partial charge < -0.3 is 14.5 Å². The third-order valence-electron chi connectivity index (χ3n) is 3.99. The van der Waals surface area contributed by atoms with Gasteiger partial charge >= 0.3 is 0 Å². The fraction of sp³-hybridized carbons (Fsp3) is 0.533. The summed E-state index contributed by atoms with van der Waals surface area (Å²) in [6.45, 7) is 3.28. The summed E-state index contributed by atoms with van der Waals surface area (Å²) in [5, 5.41) is 0. The molecule has 0 saturated carbocycles. The number of para-hydroxylation sites is 1. The molecule has 1 aromatic carbocycles.